The standard InChI is InChI=1S/C15H21N3O6S.C6H12O2/c1-11(2)9-18(8-7-12(10-19)16-15(21)17-22)25(23,24)14-5-3-13(20)4-6-14;7-3-1-6-2-4-8-5-6/h3-6,10-12,20H,7-9H2,1-2H3,(H,16,21);6-7H,1-5H2/t12-;6-/m10/s1. The number of aromatic hydroxyl groups is 1. The van der Waals surface area contributed by atoms with Crippen LogP contribution >= 0.6 is 0 Å². The molecule has 12 heteroatoms. The molecule has 1 fully saturated rings. The molecule has 11 nitrogen and oxygen atoms in total. The molecular formula is C21H33N3O8S. The average Bonchev–Trinajstić information content (AvgIpc) is 3.29. The van der Waals surface area contributed by atoms with E-state index in [1.54, 1.807) is 0 Å². The summed E-state index contributed by atoms with van der Waals surface area (Å²) in [7, 11) is -3.84. The molecule has 0 aliphatic carbocycles. The summed E-state index contributed by atoms with van der Waals surface area (Å²) in [5.74, 6) is 0.604. The summed E-state index contributed by atoms with van der Waals surface area (Å²) < 4.78 is 31.8. The van der Waals surface area contributed by atoms with Crippen LogP contribution in [-0.4, -0.2) is 74.2 Å². The number of urea groups is 1. The van der Waals surface area contributed by atoms with Crippen LogP contribution < -0.4 is 5.32 Å². The number of carbonyl (C=O) groups is 2. The lowest BCUT2D eigenvalue weighted by atomic mass is 10.1. The number of benzene rings is 1. The molecule has 2 atom stereocenters. The molecule has 0 aromatic heterocycles. The number of phenolic OH excluding ortho intramolecular Hbond substituents is 1. The van der Waals surface area contributed by atoms with E-state index in [-0.39, 0.29) is 36.1 Å². The first-order valence-electron chi connectivity index (χ1n) is 10.7. The first-order chi connectivity index (χ1) is 15.6. The van der Waals surface area contributed by atoms with Gasteiger partial charge in [-0.05, 0) is 55.4 Å². The minimum absolute atomic E-state index is 0.00517. The van der Waals surface area contributed by atoms with E-state index in [2.05, 4.69) is 10.5 Å². The van der Waals surface area contributed by atoms with Crippen molar-refractivity contribution in [3.63, 3.8) is 0 Å². The van der Waals surface area contributed by atoms with Gasteiger partial charge in [0.05, 0.1) is 10.9 Å². The highest BCUT2D eigenvalue weighted by Gasteiger charge is 2.26. The lowest BCUT2D eigenvalue weighted by molar-refractivity contribution is -0.109. The SMILES string of the molecule is CC(C)CN(CC[C@H](C=O)NC(=O)N=O)S(=O)(=O)c1ccc(O)cc1.OCC[C@H]1CCOC1. The van der Waals surface area contributed by atoms with Crippen molar-refractivity contribution in [3.05, 3.63) is 29.2 Å². The maximum absolute atomic E-state index is 12.8. The third-order valence-electron chi connectivity index (χ3n) is 4.85. The van der Waals surface area contributed by atoms with Crippen molar-refractivity contribution in [1.82, 2.24) is 9.62 Å². The number of aldehydes is 1. The maximum Gasteiger partial charge on any atom is 0.379 e. The summed E-state index contributed by atoms with van der Waals surface area (Å²) in [6.45, 7) is 5.92. The Kier molecular flexibility index (Phi) is 12.7. The fourth-order valence-electron chi connectivity index (χ4n) is 3.12. The van der Waals surface area contributed by atoms with E-state index >= 15 is 0 Å². The van der Waals surface area contributed by atoms with Gasteiger partial charge in [0.2, 0.25) is 10.0 Å². The van der Waals surface area contributed by atoms with Gasteiger partial charge >= 0.3 is 6.03 Å². The van der Waals surface area contributed by atoms with Gasteiger partial charge in [-0.2, -0.15) is 4.31 Å². The average molecular weight is 488 g/mol. The van der Waals surface area contributed by atoms with Crippen LogP contribution in [0.15, 0.2) is 34.3 Å². The van der Waals surface area contributed by atoms with Crippen LogP contribution in [0.5, 0.6) is 5.75 Å². The molecule has 1 aromatic rings. The number of aliphatic hydroxyl groups is 1. The Morgan fingerprint density at radius 3 is 2.48 bits per heavy atom. The summed E-state index contributed by atoms with van der Waals surface area (Å²) in [4.78, 5) is 32.1. The summed E-state index contributed by atoms with van der Waals surface area (Å²) >= 11 is 0. The minimum atomic E-state index is -3.84. The Morgan fingerprint density at radius 2 is 2.00 bits per heavy atom. The largest absolute Gasteiger partial charge is 0.508 e. The van der Waals surface area contributed by atoms with Crippen LogP contribution in [0.2, 0.25) is 0 Å². The predicted octanol–water partition coefficient (Wildman–Crippen LogP) is 1.88. The highest BCUT2D eigenvalue weighted by atomic mass is 32.2. The third kappa shape index (κ3) is 10.4. The highest BCUT2D eigenvalue weighted by molar-refractivity contribution is 7.89. The van der Waals surface area contributed by atoms with Crippen molar-refractivity contribution >= 4 is 22.3 Å². The van der Waals surface area contributed by atoms with Gasteiger partial charge in [-0.1, -0.05) is 13.8 Å². The molecule has 0 saturated carbocycles. The van der Waals surface area contributed by atoms with Gasteiger partial charge in [-0.15, -0.1) is 4.91 Å². The topological polar surface area (TPSA) is 163 Å². The normalized spacial score (nSPS) is 16.7. The maximum atomic E-state index is 12.8. The molecule has 0 radical (unpaired) electrons. The van der Waals surface area contributed by atoms with Gasteiger partial charge in [0.15, 0.2) is 0 Å². The fraction of sp³-hybridized carbons (Fsp3) is 0.619. The number of hydrogen-bond acceptors (Lipinski definition) is 8. The van der Waals surface area contributed by atoms with E-state index in [1.807, 2.05) is 13.8 Å². The van der Waals surface area contributed by atoms with E-state index in [0.717, 1.165) is 26.1 Å². The van der Waals surface area contributed by atoms with Crippen LogP contribution in [0.4, 0.5) is 4.79 Å². The molecule has 1 saturated heterocycles. The number of sulfonamides is 1. The van der Waals surface area contributed by atoms with E-state index in [1.165, 1.54) is 28.6 Å². The van der Waals surface area contributed by atoms with Crippen molar-refractivity contribution < 1.29 is 33.0 Å². The van der Waals surface area contributed by atoms with E-state index in [0.29, 0.717) is 18.8 Å². The summed E-state index contributed by atoms with van der Waals surface area (Å²) in [6.07, 6.45) is 2.47. The van der Waals surface area contributed by atoms with Gasteiger partial charge < -0.3 is 25.1 Å². The zero-order valence-electron chi connectivity index (χ0n) is 18.9. The number of amides is 2. The Morgan fingerprint density at radius 1 is 1.33 bits per heavy atom. The molecule has 0 spiro atoms. The Hall–Kier alpha value is -2.41. The molecule has 1 aliphatic heterocycles. The van der Waals surface area contributed by atoms with Gasteiger partial charge in [-0.3, -0.25) is 0 Å². The number of hydrogen-bond donors (Lipinski definition) is 3. The quantitative estimate of drug-likeness (QED) is 0.315. The number of rotatable bonds is 11. The molecule has 1 aliphatic rings. The second-order valence-corrected chi connectivity index (χ2v) is 10.0. The lowest BCUT2D eigenvalue weighted by Crippen LogP contribution is -2.40. The van der Waals surface area contributed by atoms with E-state index in [4.69, 9.17) is 9.84 Å². The zero-order chi connectivity index (χ0) is 24.9. The Balaban J connectivity index is 0.000000568. The minimum Gasteiger partial charge on any atom is -0.508 e. The molecule has 186 valence electrons. The van der Waals surface area contributed by atoms with Crippen LogP contribution in [-0.2, 0) is 19.6 Å². The number of nitroso groups, excluding NO2 is 1. The van der Waals surface area contributed by atoms with Crippen LogP contribution in [0.3, 0.4) is 0 Å². The molecule has 2 amide bonds. The zero-order valence-corrected chi connectivity index (χ0v) is 19.7. The van der Waals surface area contributed by atoms with Crippen molar-refractivity contribution in [2.24, 2.45) is 17.0 Å². The molecule has 2 rings (SSSR count). The number of nitrogens with zero attached hydrogens (tertiary/aromatic N) is 2. The Bertz CT molecular complexity index is 840. The van der Waals surface area contributed by atoms with Crippen molar-refractivity contribution in [2.45, 2.75) is 44.0 Å². The molecule has 0 bridgehead atoms. The van der Waals surface area contributed by atoms with E-state index in [9.17, 15) is 28.0 Å². The monoisotopic (exact) mass is 487 g/mol. The molecule has 3 N–H and O–H groups in total. The first kappa shape index (κ1) is 28.6. The fourth-order valence-corrected chi connectivity index (χ4v) is 4.74. The summed E-state index contributed by atoms with van der Waals surface area (Å²) in [6, 6.07) is 2.90. The molecule has 33 heavy (non-hydrogen) atoms. The van der Waals surface area contributed by atoms with Crippen LogP contribution in [0.1, 0.15) is 33.1 Å². The Labute approximate surface area is 194 Å². The molecule has 1 aromatic carbocycles. The number of nitrogens with one attached hydrogen (secondary N) is 1. The van der Waals surface area contributed by atoms with Gasteiger partial charge in [0.1, 0.15) is 12.0 Å². The van der Waals surface area contributed by atoms with Gasteiger partial charge in [0.25, 0.3) is 0 Å². The second kappa shape index (κ2) is 14.7. The molecular weight excluding hydrogens is 454 g/mol. The van der Waals surface area contributed by atoms with Crippen LogP contribution in [0, 0.1) is 16.7 Å². The number of phenols is 1. The molecule has 1 heterocycles. The molecule has 0 unspecified atom stereocenters. The first-order valence-corrected chi connectivity index (χ1v) is 12.1. The van der Waals surface area contributed by atoms with Gasteiger partial charge in [-0.25, -0.2) is 13.2 Å². The number of carbonyl (C=O) groups excluding carboxylic acids is 2. The van der Waals surface area contributed by atoms with Crippen molar-refractivity contribution in [1.29, 1.82) is 0 Å². The summed E-state index contributed by atoms with van der Waals surface area (Å²) in [5.41, 5.74) is 0. The number of ether oxygens (including phenoxy) is 1. The van der Waals surface area contributed by atoms with Crippen molar-refractivity contribution in [2.75, 3.05) is 32.9 Å². The lowest BCUT2D eigenvalue weighted by Gasteiger charge is -2.25. The highest BCUT2D eigenvalue weighted by Crippen LogP contribution is 2.20. The third-order valence-corrected chi connectivity index (χ3v) is 6.73. The van der Waals surface area contributed by atoms with Crippen LogP contribution in [0.25, 0.3) is 0 Å². The van der Waals surface area contributed by atoms with E-state index < -0.39 is 22.1 Å². The summed E-state index contributed by atoms with van der Waals surface area (Å²) in [5, 5.41) is 22.0. The number of aliphatic hydroxyl groups excluding tert-OH is 1. The van der Waals surface area contributed by atoms with Crippen molar-refractivity contribution in [3.8, 4) is 5.75 Å². The second-order valence-electron chi connectivity index (χ2n) is 8.06. The van der Waals surface area contributed by atoms with Gasteiger partial charge in [0, 0.05) is 38.1 Å². The smallest absolute Gasteiger partial charge is 0.379 e. The predicted molar refractivity (Wildman–Crippen MR) is 121 cm³/mol.